The van der Waals surface area contributed by atoms with Crippen molar-refractivity contribution in [3.63, 3.8) is 0 Å². The molecule has 0 saturated carbocycles. The van der Waals surface area contributed by atoms with Crippen LogP contribution in [0.5, 0.6) is 0 Å². The van der Waals surface area contributed by atoms with E-state index in [0.717, 1.165) is 0 Å². The van der Waals surface area contributed by atoms with Crippen molar-refractivity contribution < 1.29 is 0 Å². The van der Waals surface area contributed by atoms with Crippen LogP contribution in [0.25, 0.3) is 0 Å². The zero-order chi connectivity index (χ0) is 0. The monoisotopic (exact) mass is 368 g/mol. The van der Waals surface area contributed by atoms with Gasteiger partial charge in [-0.1, -0.05) is 0 Å². The Morgan fingerprint density at radius 2 is 0.333 bits per heavy atom. The third-order valence-corrected chi connectivity index (χ3v) is 0. The van der Waals surface area contributed by atoms with Crippen molar-refractivity contribution in [2.24, 2.45) is 0 Å². The van der Waals surface area contributed by atoms with Crippen LogP contribution in [-0.2, 0) is 0 Å². The summed E-state index contributed by atoms with van der Waals surface area (Å²) in [5.41, 5.74) is 0. The van der Waals surface area contributed by atoms with Gasteiger partial charge in [-0.15, -0.1) is 67.9 Å². The minimum atomic E-state index is 0. The molecule has 0 aliphatic heterocycles. The van der Waals surface area contributed by atoms with Crippen LogP contribution in [0.4, 0.5) is 0 Å². The second-order valence-corrected chi connectivity index (χ2v) is 0. The molecule has 0 fully saturated rings. The molecule has 0 aromatic carbocycles. The molecule has 0 unspecified atom stereocenters. The Morgan fingerprint density at radius 1 is 0.333 bits per heavy atom. The van der Waals surface area contributed by atoms with E-state index >= 15 is 0 Å². The van der Waals surface area contributed by atoms with E-state index in [0.29, 0.717) is 0 Å². The molecule has 6 heavy (non-hydrogen) atoms. The van der Waals surface area contributed by atoms with Gasteiger partial charge < -0.3 is 0 Å². The zero-order valence-electron chi connectivity index (χ0n) is 1.63. The van der Waals surface area contributed by atoms with Gasteiger partial charge in [0.2, 0.25) is 0 Å². The van der Waals surface area contributed by atoms with Crippen LogP contribution in [0.2, 0.25) is 0 Å². The van der Waals surface area contributed by atoms with Crippen molar-refractivity contribution in [3.8, 4) is 0 Å². The fourth-order valence-corrected chi connectivity index (χ4v) is 0. The molecule has 0 heterocycles. The Morgan fingerprint density at radius 3 is 0.333 bits per heavy atom. The van der Waals surface area contributed by atoms with E-state index in [9.17, 15) is 0 Å². The Balaban J connectivity index is 0. The van der Waals surface area contributed by atoms with E-state index in [2.05, 4.69) is 0 Å². The molecule has 0 spiro atoms. The summed E-state index contributed by atoms with van der Waals surface area (Å²) in [5.74, 6) is 0. The maximum absolute atomic E-state index is 0. The van der Waals surface area contributed by atoms with Crippen LogP contribution >= 0.6 is 67.9 Å². The van der Waals surface area contributed by atoms with Crippen molar-refractivity contribution >= 4 is 127 Å². The quantitative estimate of drug-likeness (QED) is 0.558. The molecular weight excluding hydrogens is 366 g/mol. The van der Waals surface area contributed by atoms with Crippen LogP contribution in [0.3, 0.4) is 0 Å². The zero-order valence-corrected chi connectivity index (χ0v) is 8.49. The van der Waals surface area contributed by atoms with Gasteiger partial charge >= 0.3 is 59.1 Å². The molecule has 6 heteroatoms. The van der Waals surface area contributed by atoms with E-state index in [1.165, 1.54) is 0 Å². The van der Waals surface area contributed by atoms with Crippen LogP contribution in [0, 0.1) is 0 Å². The number of hydrogen-bond donors (Lipinski definition) is 0. The second kappa shape index (κ2) is 36.4. The standard InChI is InChI=1S/4BrH.2Na.2H/h4*1H;;;;. The number of hydrogen-bond acceptors (Lipinski definition) is 0. The predicted octanol–water partition coefficient (Wildman–Crippen LogP) is 1.01. The Kier molecular flexibility index (Phi) is 312. The summed E-state index contributed by atoms with van der Waals surface area (Å²) in [7, 11) is 0. The van der Waals surface area contributed by atoms with E-state index in [4.69, 9.17) is 0 Å². The molecule has 0 bridgehead atoms. The molecule has 0 atom stereocenters. The van der Waals surface area contributed by atoms with Gasteiger partial charge in [0.25, 0.3) is 0 Å². The SMILES string of the molecule is Br.Br.Br.Br.[NaH].[NaH]. The van der Waals surface area contributed by atoms with Gasteiger partial charge in [0.05, 0.1) is 0 Å². The van der Waals surface area contributed by atoms with Crippen molar-refractivity contribution in [2.75, 3.05) is 0 Å². The van der Waals surface area contributed by atoms with Gasteiger partial charge in [0.1, 0.15) is 0 Å². The third-order valence-electron chi connectivity index (χ3n) is 0. The average molecular weight is 372 g/mol. The maximum atomic E-state index is 0. The van der Waals surface area contributed by atoms with Gasteiger partial charge in [-0.2, -0.15) is 0 Å². The van der Waals surface area contributed by atoms with E-state index in [1.54, 1.807) is 0 Å². The molecule has 0 aliphatic rings. The molecule has 0 aromatic heterocycles. The first kappa shape index (κ1) is 51.4. The molecule has 0 radical (unpaired) electrons. The van der Waals surface area contributed by atoms with Gasteiger partial charge in [0.15, 0.2) is 0 Å². The first-order valence-electron chi connectivity index (χ1n) is 0. The van der Waals surface area contributed by atoms with Crippen molar-refractivity contribution in [1.29, 1.82) is 0 Å². The normalized spacial score (nSPS) is 0. The van der Waals surface area contributed by atoms with Gasteiger partial charge in [0, 0.05) is 0 Å². The molecule has 0 aromatic rings. The summed E-state index contributed by atoms with van der Waals surface area (Å²) in [6, 6.07) is 0. The summed E-state index contributed by atoms with van der Waals surface area (Å²) in [5, 5.41) is 0. The van der Waals surface area contributed by atoms with Gasteiger partial charge in [-0.25, -0.2) is 0 Å². The van der Waals surface area contributed by atoms with Crippen molar-refractivity contribution in [3.05, 3.63) is 0 Å². The first-order chi connectivity index (χ1) is 0. The molecule has 0 nitrogen and oxygen atoms in total. The summed E-state index contributed by atoms with van der Waals surface area (Å²) < 4.78 is 0. The molecule has 0 saturated heterocycles. The number of rotatable bonds is 0. The fourth-order valence-electron chi connectivity index (χ4n) is 0. The summed E-state index contributed by atoms with van der Waals surface area (Å²) in [4.78, 5) is 0. The van der Waals surface area contributed by atoms with Crippen LogP contribution in [0.15, 0.2) is 0 Å². The Labute approximate surface area is 124 Å². The Bertz CT molecular complexity index is 5.51. The minimum absolute atomic E-state index is 0. The third kappa shape index (κ3) is 24.7. The predicted molar refractivity (Wildman–Crippen MR) is 55.6 cm³/mol. The fraction of sp³-hybridized carbons (Fsp3) is 0. The van der Waals surface area contributed by atoms with Crippen LogP contribution in [0.1, 0.15) is 0 Å². The molecule has 0 amide bonds. The molecule has 0 rings (SSSR count). The summed E-state index contributed by atoms with van der Waals surface area (Å²) in [6.45, 7) is 0. The van der Waals surface area contributed by atoms with Crippen molar-refractivity contribution in [2.45, 2.75) is 0 Å². The first-order valence-corrected chi connectivity index (χ1v) is 0. The second-order valence-electron chi connectivity index (χ2n) is 0. The van der Waals surface area contributed by atoms with Crippen LogP contribution < -0.4 is 0 Å². The topological polar surface area (TPSA) is 0 Å². The van der Waals surface area contributed by atoms with E-state index in [-0.39, 0.29) is 127 Å². The summed E-state index contributed by atoms with van der Waals surface area (Å²) in [6.07, 6.45) is 0. The molecule has 0 N–H and O–H groups in total. The molecule has 36 valence electrons. The van der Waals surface area contributed by atoms with Gasteiger partial charge in [-0.05, 0) is 0 Å². The van der Waals surface area contributed by atoms with Gasteiger partial charge in [-0.3, -0.25) is 0 Å². The molecular formula is H6Br4Na2. The summed E-state index contributed by atoms with van der Waals surface area (Å²) >= 11 is 0. The number of halogens is 4. The van der Waals surface area contributed by atoms with Crippen LogP contribution in [-0.4, -0.2) is 59.1 Å². The van der Waals surface area contributed by atoms with Crippen molar-refractivity contribution in [1.82, 2.24) is 0 Å². The molecule has 0 aliphatic carbocycles. The van der Waals surface area contributed by atoms with E-state index in [1.807, 2.05) is 0 Å². The van der Waals surface area contributed by atoms with E-state index < -0.39 is 0 Å². The Hall–Kier alpha value is 3.92. The average Bonchev–Trinajstić information content (AvgIpc) is 0.